The number of ether oxygens (including phenoxy) is 1. The molecule has 6 aliphatic heterocycles. The van der Waals surface area contributed by atoms with Crippen molar-refractivity contribution in [3.63, 3.8) is 0 Å². The number of cyclic esters (lactones) is 1. The first-order valence-corrected chi connectivity index (χ1v) is 39.1. The molecule has 0 bridgehead atoms. The molecule has 0 radical (unpaired) electrons. The van der Waals surface area contributed by atoms with Crippen molar-refractivity contribution < 1.29 is 66.3 Å². The van der Waals surface area contributed by atoms with E-state index in [0.717, 1.165) is 115 Å². The van der Waals surface area contributed by atoms with Gasteiger partial charge in [0, 0.05) is 149 Å². The summed E-state index contributed by atoms with van der Waals surface area (Å²) in [5.41, 5.74) is 9.41. The molecular weight excluding hydrogens is 1670 g/mol. The number of hydrogen-bond acceptors (Lipinski definition) is 13. The number of nitrogens with zero attached hydrogens (tertiary/aromatic N) is 6. The number of amides is 15. The minimum Gasteiger partial charge on any atom is -0.435 e. The molecule has 612 valence electrons. The molecule has 6 aliphatic rings. The lowest BCUT2D eigenvalue weighted by atomic mass is 10.0. The first-order valence-electron chi connectivity index (χ1n) is 36.4. The number of aromatic nitrogens is 6. The zero-order chi connectivity index (χ0) is 84.6. The van der Waals surface area contributed by atoms with Gasteiger partial charge in [-0.3, -0.25) is 53.3 Å². The molecule has 0 spiro atoms. The first-order chi connectivity index (χ1) is 56.2. The predicted octanol–water partition coefficient (Wildman–Crippen LogP) is 13.4. The third-order valence-electron chi connectivity index (χ3n) is 21.0. The van der Waals surface area contributed by atoms with Crippen molar-refractivity contribution in [1.29, 1.82) is 0 Å². The summed E-state index contributed by atoms with van der Waals surface area (Å²) in [4.78, 5) is 153. The molecule has 29 nitrogen and oxygen atoms in total. The number of H-pyrrole nitrogens is 6. The molecule has 0 aliphatic carbocycles. The summed E-state index contributed by atoms with van der Waals surface area (Å²) in [6, 6.07) is 27.7. The van der Waals surface area contributed by atoms with Gasteiger partial charge < -0.3 is 61.2 Å². The first kappa shape index (κ1) is 84.1. The van der Waals surface area contributed by atoms with Crippen LogP contribution in [0.15, 0.2) is 146 Å². The number of para-hydroxylation sites is 6. The Balaban J connectivity index is 0.000000123. The summed E-state index contributed by atoms with van der Waals surface area (Å²) >= 11 is 41.5. The third kappa shape index (κ3) is 17.0. The number of aromatic amines is 6. The Morgan fingerprint density at radius 1 is 0.381 bits per heavy atom. The van der Waals surface area contributed by atoms with Gasteiger partial charge in [-0.15, -0.1) is 0 Å². The van der Waals surface area contributed by atoms with Crippen molar-refractivity contribution in [2.45, 2.75) is 87.2 Å². The van der Waals surface area contributed by atoms with Gasteiger partial charge in [-0.1, -0.05) is 142 Å². The second kappa shape index (κ2) is 34.8. The van der Waals surface area contributed by atoms with Crippen LogP contribution < -0.4 is 26.6 Å². The maximum absolute atomic E-state index is 14.6. The van der Waals surface area contributed by atoms with Crippen LogP contribution in [0.1, 0.15) is 46.2 Å². The van der Waals surface area contributed by atoms with Gasteiger partial charge in [0.25, 0.3) is 29.5 Å². The Bertz CT molecular complexity index is 5770. The Hall–Kier alpha value is -11.8. The average Bonchev–Trinajstić information content (AvgIpc) is 1.59. The largest absolute Gasteiger partial charge is 0.435 e. The van der Waals surface area contributed by atoms with Crippen molar-refractivity contribution in [2.24, 2.45) is 0 Å². The number of carbonyl (C=O) groups excluding carboxylic acids is 11. The number of benzene rings is 6. The highest BCUT2D eigenvalue weighted by molar-refractivity contribution is 7.80. The van der Waals surface area contributed by atoms with Gasteiger partial charge in [-0.2, -0.15) is 8.78 Å². The minimum absolute atomic E-state index is 0.00128. The highest BCUT2D eigenvalue weighted by atomic mass is 35.5. The third-order valence-corrected chi connectivity index (χ3v) is 23.2. The van der Waals surface area contributed by atoms with Crippen LogP contribution in [0.3, 0.4) is 0 Å². The molecule has 38 heteroatoms. The van der Waals surface area contributed by atoms with E-state index in [1.807, 2.05) is 109 Å². The molecule has 18 rings (SSSR count). The zero-order valence-electron chi connectivity index (χ0n) is 63.3. The molecule has 118 heavy (non-hydrogen) atoms. The standard InChI is InChI=1S/2C14H14ClN3O2.C13H10ClF2N3O2.C13H12ClN3O2.C13H12ClN3OS.C13H11ClN2O3/c1-18-12(19)6-9(17-14(18)20)5-8-7-16-13-10(8)3-2-4-11(13)15;1-18-13(19)11(17-14(18)20)6-5-8-7-16-12-9(8)3-2-4-10(12)15;1-19-11(20)10(18-12(19)21)13(15,16)7-5-17-9-6(7)3-2-4-8(9)14;2*1-17-12(18)10(16-13(17)19)5-7-6-15-11-8(7)3-2-4-9(11)14;1-16-12(17)10(19-13(16)18)5-7-6-15-11-8(7)3-2-4-9(11)14/h2-4,7,9,16H,5-6H2,1H3,(H,17,20);2-4,7,11,16H,5-6H2,1H3,(H,17,20);2-5,10,17H,1H3,(H,18,21);2*2-4,6,10,15H,5H2,1H3,(H,16,19);2-4,6,10,15H,5H2,1H3. The van der Waals surface area contributed by atoms with Crippen LogP contribution in [0.25, 0.3) is 65.4 Å². The highest BCUT2D eigenvalue weighted by Crippen LogP contribution is 2.41. The van der Waals surface area contributed by atoms with Crippen molar-refractivity contribution in [3.05, 3.63) is 210 Å². The molecule has 11 N–H and O–H groups in total. The van der Waals surface area contributed by atoms with E-state index in [1.54, 1.807) is 37.5 Å². The fourth-order valence-corrected chi connectivity index (χ4v) is 15.9. The van der Waals surface area contributed by atoms with E-state index in [0.29, 0.717) is 90.6 Å². The number of carbonyl (C=O) groups is 11. The van der Waals surface area contributed by atoms with E-state index < -0.39 is 48.2 Å². The zero-order valence-corrected chi connectivity index (χ0v) is 68.6. The van der Waals surface area contributed by atoms with Crippen LogP contribution in [-0.2, 0) is 71.5 Å². The van der Waals surface area contributed by atoms with Crippen molar-refractivity contribution in [3.8, 4) is 0 Å². The molecule has 6 atom stereocenters. The van der Waals surface area contributed by atoms with Crippen LogP contribution >= 0.6 is 81.8 Å². The summed E-state index contributed by atoms with van der Waals surface area (Å²) in [5.74, 6) is -5.38. The van der Waals surface area contributed by atoms with Gasteiger partial charge >= 0.3 is 36.1 Å². The van der Waals surface area contributed by atoms with Gasteiger partial charge in [0.1, 0.15) is 18.1 Å². The van der Waals surface area contributed by atoms with Crippen LogP contribution in [0.4, 0.5) is 32.8 Å². The number of imide groups is 5. The van der Waals surface area contributed by atoms with Crippen LogP contribution in [0, 0.1) is 0 Å². The van der Waals surface area contributed by atoms with Gasteiger partial charge in [-0.05, 0) is 95.7 Å². The Morgan fingerprint density at radius 3 is 1.11 bits per heavy atom. The van der Waals surface area contributed by atoms with Gasteiger partial charge in [0.2, 0.25) is 5.91 Å². The average molecular weight is 1750 g/mol. The van der Waals surface area contributed by atoms with Gasteiger partial charge in [0.15, 0.2) is 17.3 Å². The summed E-state index contributed by atoms with van der Waals surface area (Å²) in [5, 5.41) is 22.5. The lowest BCUT2D eigenvalue weighted by Gasteiger charge is -2.28. The van der Waals surface area contributed by atoms with E-state index in [-0.39, 0.29) is 70.7 Å². The topological polar surface area (TPSA) is 371 Å². The van der Waals surface area contributed by atoms with Crippen LogP contribution in [0.2, 0.25) is 30.1 Å². The van der Waals surface area contributed by atoms with E-state index >= 15 is 0 Å². The Morgan fingerprint density at radius 2 is 0.729 bits per heavy atom. The van der Waals surface area contributed by atoms with E-state index in [9.17, 15) is 61.5 Å². The van der Waals surface area contributed by atoms with Crippen molar-refractivity contribution in [2.75, 3.05) is 42.3 Å². The number of rotatable bonds is 13. The summed E-state index contributed by atoms with van der Waals surface area (Å²) in [6.45, 7) is 0. The molecular formula is C80H73Cl6F2N17O12S. The predicted molar refractivity (Wildman–Crippen MR) is 447 cm³/mol. The SMILES string of the molecule is CN1C(=O)C(Cc2c[nH]c3c(Cl)cccc23)NC1=S.CN1C(=O)CC(Cc2c[nH]c3c(Cl)cccc23)NC1=O.CN1C(=O)NC(C(F)(F)c2c[nH]c3c(Cl)cccc23)C1=O.CN1C(=O)NC(CCc2c[nH]c3c(Cl)cccc23)C1=O.CN1C(=O)NC(Cc2c[nH]c3c(Cl)cccc23)C1=O.CN1C(=O)OC(Cc2c[nH]c3c(Cl)cccc23)C1=O. The van der Waals surface area contributed by atoms with Gasteiger partial charge in [0.05, 0.1) is 63.2 Å². The number of urea groups is 4. The second-order valence-corrected chi connectivity index (χ2v) is 31.1. The molecule has 0 saturated carbocycles. The number of thiocarbonyl (C=S) groups is 1. The summed E-state index contributed by atoms with van der Waals surface area (Å²) in [7, 11) is 8.70. The lowest BCUT2D eigenvalue weighted by Crippen LogP contribution is -2.53. The number of halogens is 8. The summed E-state index contributed by atoms with van der Waals surface area (Å²) in [6.07, 6.45) is 12.6. The van der Waals surface area contributed by atoms with E-state index in [1.165, 1.54) is 39.2 Å². The normalized spacial score (nSPS) is 19.3. The smallest absolute Gasteiger partial charge is 0.417 e. The molecule has 6 aromatic heterocycles. The highest BCUT2D eigenvalue weighted by Gasteiger charge is 2.54. The molecule has 6 aromatic carbocycles. The Labute approximate surface area is 704 Å². The fraction of sp³-hybridized carbons (Fsp3) is 0.250. The molecule has 6 fully saturated rings. The monoisotopic (exact) mass is 1740 g/mol. The second-order valence-electron chi connectivity index (χ2n) is 28.3. The number of nitrogens with one attached hydrogen (secondary N) is 11. The van der Waals surface area contributed by atoms with E-state index in [2.05, 4.69) is 51.2 Å². The van der Waals surface area contributed by atoms with Crippen LogP contribution in [0.5, 0.6) is 0 Å². The lowest BCUT2D eigenvalue weighted by molar-refractivity contribution is -0.136. The maximum Gasteiger partial charge on any atom is 0.417 e. The molecule has 12 heterocycles. The van der Waals surface area contributed by atoms with Crippen molar-refractivity contribution >= 4 is 218 Å². The van der Waals surface area contributed by atoms with Crippen LogP contribution in [-0.4, -0.2) is 209 Å². The maximum atomic E-state index is 14.6. The molecule has 15 amide bonds. The minimum atomic E-state index is -3.56. The quantitative estimate of drug-likeness (QED) is 0.0378. The molecule has 6 saturated heterocycles. The number of aryl methyl sites for hydroxylation is 1. The summed E-state index contributed by atoms with van der Waals surface area (Å²) < 4.78 is 34.3. The molecule has 6 unspecified atom stereocenters. The number of alkyl halides is 2. The fourth-order valence-electron chi connectivity index (χ4n) is 14.3. The van der Waals surface area contributed by atoms with E-state index in [4.69, 9.17) is 86.6 Å². The Kier molecular flexibility index (Phi) is 24.8. The number of hydrogen-bond donors (Lipinski definition) is 11. The van der Waals surface area contributed by atoms with Gasteiger partial charge in [-0.25, -0.2) is 28.9 Å². The number of likely N-dealkylation sites (N-methyl/N-ethyl adjacent to an activating group) is 5. The van der Waals surface area contributed by atoms with Crippen molar-refractivity contribution in [1.82, 2.24) is 85.9 Å². The number of fused-ring (bicyclic) bond motifs is 6. The molecule has 12 aromatic rings.